The lowest BCUT2D eigenvalue weighted by Gasteiger charge is -1.87. The molecule has 0 fully saturated rings. The third kappa shape index (κ3) is 1.57. The van der Waals surface area contributed by atoms with Crippen molar-refractivity contribution >= 4 is 43.6 Å². The van der Waals surface area contributed by atoms with Crippen LogP contribution in [-0.4, -0.2) is 19.9 Å². The molecule has 5 nitrogen and oxygen atoms in total. The summed E-state index contributed by atoms with van der Waals surface area (Å²) in [5.74, 6) is 0.688. The molecule has 0 atom stereocenters. The topological polar surface area (TPSA) is 80.5 Å². The number of pyridine rings is 1. The van der Waals surface area contributed by atoms with Crippen LogP contribution in [0.3, 0.4) is 0 Å². The molecule has 3 N–H and O–H groups in total. The summed E-state index contributed by atoms with van der Waals surface area (Å²) >= 11 is 4.75. The highest BCUT2D eigenvalue weighted by atomic mass is 79.9. The molecule has 16 heavy (non-hydrogen) atoms. The number of H-pyrrole nitrogens is 1. The molecule has 0 spiro atoms. The summed E-state index contributed by atoms with van der Waals surface area (Å²) < 4.78 is 0.910. The molecule has 3 aromatic rings. The maximum absolute atomic E-state index is 5.58. The van der Waals surface area contributed by atoms with E-state index in [1.807, 2.05) is 11.4 Å². The molecular formula is C9H6BrN5S. The fourth-order valence-electron chi connectivity index (χ4n) is 1.39. The molecule has 0 saturated heterocycles. The maximum atomic E-state index is 5.58. The predicted molar refractivity (Wildman–Crippen MR) is 67.1 cm³/mol. The smallest absolute Gasteiger partial charge is 0.180 e. The van der Waals surface area contributed by atoms with E-state index in [0.717, 1.165) is 15.7 Å². The molecule has 0 aliphatic heterocycles. The van der Waals surface area contributed by atoms with Crippen LogP contribution in [0.2, 0.25) is 0 Å². The second-order valence-corrected chi connectivity index (χ2v) is 4.99. The zero-order valence-electron chi connectivity index (χ0n) is 7.94. The standard InChI is InChI=1S/C9H6BrN5S/c10-4-1-5-7(12-2-4)15-8(13-5)6-3-16-9(11)14-6/h1-3H,(H2,11,14)(H,12,13,15). The summed E-state index contributed by atoms with van der Waals surface area (Å²) in [7, 11) is 0. The number of anilines is 1. The van der Waals surface area contributed by atoms with E-state index >= 15 is 0 Å². The lowest BCUT2D eigenvalue weighted by molar-refractivity contribution is 1.26. The van der Waals surface area contributed by atoms with Gasteiger partial charge in [-0.2, -0.15) is 0 Å². The quantitative estimate of drug-likeness (QED) is 0.722. The average molecular weight is 296 g/mol. The first-order valence-corrected chi connectivity index (χ1v) is 6.12. The van der Waals surface area contributed by atoms with Gasteiger partial charge in [0.25, 0.3) is 0 Å². The molecule has 3 aromatic heterocycles. The molecule has 7 heteroatoms. The largest absolute Gasteiger partial charge is 0.375 e. The Bertz CT molecular complexity index is 659. The number of aromatic amines is 1. The Labute approximate surface area is 103 Å². The first-order chi connectivity index (χ1) is 7.72. The monoisotopic (exact) mass is 295 g/mol. The number of rotatable bonds is 1. The van der Waals surface area contributed by atoms with E-state index in [1.165, 1.54) is 11.3 Å². The van der Waals surface area contributed by atoms with Crippen LogP contribution in [0, 0.1) is 0 Å². The molecule has 0 radical (unpaired) electrons. The number of halogens is 1. The van der Waals surface area contributed by atoms with E-state index in [1.54, 1.807) is 6.20 Å². The van der Waals surface area contributed by atoms with Gasteiger partial charge in [0.15, 0.2) is 16.6 Å². The molecule has 0 aliphatic carbocycles. The first-order valence-electron chi connectivity index (χ1n) is 4.45. The van der Waals surface area contributed by atoms with Crippen LogP contribution in [-0.2, 0) is 0 Å². The first kappa shape index (κ1) is 9.73. The van der Waals surface area contributed by atoms with Gasteiger partial charge in [0.05, 0.1) is 5.52 Å². The van der Waals surface area contributed by atoms with Gasteiger partial charge in [-0.15, -0.1) is 11.3 Å². The molecule has 80 valence electrons. The number of nitrogens with one attached hydrogen (secondary N) is 1. The van der Waals surface area contributed by atoms with Gasteiger partial charge in [-0.05, 0) is 22.0 Å². The third-order valence-corrected chi connectivity index (χ3v) is 3.18. The molecule has 3 heterocycles. The minimum absolute atomic E-state index is 0.532. The third-order valence-electron chi connectivity index (χ3n) is 2.07. The molecule has 0 unspecified atom stereocenters. The number of imidazole rings is 1. The van der Waals surface area contributed by atoms with Crippen LogP contribution in [0.4, 0.5) is 5.13 Å². The van der Waals surface area contributed by atoms with Crippen molar-refractivity contribution < 1.29 is 0 Å². The lowest BCUT2D eigenvalue weighted by atomic mass is 10.4. The second kappa shape index (κ2) is 3.53. The number of hydrogen-bond donors (Lipinski definition) is 2. The number of fused-ring (bicyclic) bond motifs is 1. The summed E-state index contributed by atoms with van der Waals surface area (Å²) in [4.78, 5) is 15.8. The fraction of sp³-hybridized carbons (Fsp3) is 0. The van der Waals surface area contributed by atoms with Crippen LogP contribution >= 0.6 is 27.3 Å². The maximum Gasteiger partial charge on any atom is 0.180 e. The van der Waals surface area contributed by atoms with Crippen LogP contribution in [0.15, 0.2) is 22.1 Å². The van der Waals surface area contributed by atoms with Crippen LogP contribution < -0.4 is 5.73 Å². The Kier molecular flexibility index (Phi) is 2.15. The fourth-order valence-corrected chi connectivity index (χ4v) is 2.27. The van der Waals surface area contributed by atoms with E-state index in [0.29, 0.717) is 16.6 Å². The summed E-state index contributed by atoms with van der Waals surface area (Å²) in [5, 5.41) is 2.40. The van der Waals surface area contributed by atoms with Crippen molar-refractivity contribution in [1.82, 2.24) is 19.9 Å². The Balaban J connectivity index is 2.18. The van der Waals surface area contributed by atoms with Crippen molar-refractivity contribution in [2.75, 3.05) is 5.73 Å². The van der Waals surface area contributed by atoms with Crippen molar-refractivity contribution in [2.45, 2.75) is 0 Å². The highest BCUT2D eigenvalue weighted by Gasteiger charge is 2.09. The Hall–Kier alpha value is -1.47. The van der Waals surface area contributed by atoms with Crippen molar-refractivity contribution in [3.05, 3.63) is 22.1 Å². The van der Waals surface area contributed by atoms with Crippen molar-refractivity contribution in [2.24, 2.45) is 0 Å². The minimum Gasteiger partial charge on any atom is -0.375 e. The normalized spacial score (nSPS) is 11.1. The SMILES string of the molecule is Nc1nc(-c2nc3ncc(Br)cc3[nH]2)cs1. The summed E-state index contributed by atoms with van der Waals surface area (Å²) in [6.45, 7) is 0. The van der Waals surface area contributed by atoms with Gasteiger partial charge in [-0.1, -0.05) is 0 Å². The minimum atomic E-state index is 0.532. The van der Waals surface area contributed by atoms with Crippen LogP contribution in [0.5, 0.6) is 0 Å². The van der Waals surface area contributed by atoms with Crippen molar-refractivity contribution in [3.63, 3.8) is 0 Å². The Morgan fingerprint density at radius 1 is 1.38 bits per heavy atom. The van der Waals surface area contributed by atoms with Gasteiger partial charge in [0, 0.05) is 16.0 Å². The number of thiazole rings is 1. The van der Waals surface area contributed by atoms with Gasteiger partial charge in [0.1, 0.15) is 5.69 Å². The van der Waals surface area contributed by atoms with Gasteiger partial charge in [0.2, 0.25) is 0 Å². The highest BCUT2D eigenvalue weighted by Crippen LogP contribution is 2.23. The predicted octanol–water partition coefficient (Wildman–Crippen LogP) is 2.43. The molecule has 0 aromatic carbocycles. The molecular weight excluding hydrogens is 290 g/mol. The van der Waals surface area contributed by atoms with E-state index < -0.39 is 0 Å². The van der Waals surface area contributed by atoms with E-state index in [9.17, 15) is 0 Å². The lowest BCUT2D eigenvalue weighted by Crippen LogP contribution is -1.84. The number of nitrogens with two attached hydrogens (primary N) is 1. The number of nitrogen functional groups attached to an aromatic ring is 1. The molecule has 0 saturated carbocycles. The van der Waals surface area contributed by atoms with E-state index in [4.69, 9.17) is 5.73 Å². The van der Waals surface area contributed by atoms with Gasteiger partial charge >= 0.3 is 0 Å². The average Bonchev–Trinajstić information content (AvgIpc) is 2.83. The number of aromatic nitrogens is 4. The van der Waals surface area contributed by atoms with E-state index in [-0.39, 0.29) is 0 Å². The molecule has 0 bridgehead atoms. The van der Waals surface area contributed by atoms with Gasteiger partial charge in [-0.25, -0.2) is 15.0 Å². The van der Waals surface area contributed by atoms with Crippen molar-refractivity contribution in [3.8, 4) is 11.5 Å². The van der Waals surface area contributed by atoms with Crippen molar-refractivity contribution in [1.29, 1.82) is 0 Å². The molecule has 0 amide bonds. The second-order valence-electron chi connectivity index (χ2n) is 3.18. The summed E-state index contributed by atoms with van der Waals surface area (Å²) in [5.41, 5.74) is 7.87. The zero-order valence-corrected chi connectivity index (χ0v) is 10.3. The van der Waals surface area contributed by atoms with Crippen LogP contribution in [0.25, 0.3) is 22.7 Å². The summed E-state index contributed by atoms with van der Waals surface area (Å²) in [6, 6.07) is 1.93. The number of nitrogens with zero attached hydrogens (tertiary/aromatic N) is 3. The Morgan fingerprint density at radius 2 is 2.25 bits per heavy atom. The highest BCUT2D eigenvalue weighted by molar-refractivity contribution is 9.10. The molecule has 0 aliphatic rings. The zero-order chi connectivity index (χ0) is 11.1. The summed E-state index contributed by atoms with van der Waals surface area (Å²) in [6.07, 6.45) is 1.71. The number of hydrogen-bond acceptors (Lipinski definition) is 5. The Morgan fingerprint density at radius 3 is 3.00 bits per heavy atom. The van der Waals surface area contributed by atoms with Crippen LogP contribution in [0.1, 0.15) is 0 Å². The van der Waals surface area contributed by atoms with Gasteiger partial charge in [-0.3, -0.25) is 0 Å². The molecule has 3 rings (SSSR count). The van der Waals surface area contributed by atoms with Gasteiger partial charge < -0.3 is 10.7 Å². The van der Waals surface area contributed by atoms with E-state index in [2.05, 4.69) is 35.9 Å².